The van der Waals surface area contributed by atoms with Crippen LogP contribution >= 0.6 is 11.8 Å². The number of carbonyl (C=O) groups is 2. The molecule has 0 radical (unpaired) electrons. The van der Waals surface area contributed by atoms with E-state index in [9.17, 15) is 9.59 Å². The standard InChI is InChI=1S/C23H16N2O2S/c26-15-16-13-24(18-8-2-1-7-17(16)18)14-23(27)25-19-9-3-5-11-21(19)28-22-12-6-4-10-20(22)25/h1-13,15H,14H2. The van der Waals surface area contributed by atoms with Gasteiger partial charge < -0.3 is 4.57 Å². The van der Waals surface area contributed by atoms with Crippen LogP contribution in [-0.2, 0) is 11.3 Å². The second-order valence-electron chi connectivity index (χ2n) is 6.61. The fourth-order valence-corrected chi connectivity index (χ4v) is 4.75. The van der Waals surface area contributed by atoms with Crippen LogP contribution in [0.3, 0.4) is 0 Å². The second kappa shape index (κ2) is 6.69. The molecular weight excluding hydrogens is 368 g/mol. The molecule has 5 rings (SSSR count). The van der Waals surface area contributed by atoms with Gasteiger partial charge in [0.1, 0.15) is 6.54 Å². The predicted molar refractivity (Wildman–Crippen MR) is 111 cm³/mol. The fourth-order valence-electron chi connectivity index (χ4n) is 3.69. The molecule has 0 aliphatic carbocycles. The Hall–Kier alpha value is -3.31. The molecule has 0 unspecified atom stereocenters. The van der Waals surface area contributed by atoms with E-state index >= 15 is 0 Å². The first kappa shape index (κ1) is 16.8. The summed E-state index contributed by atoms with van der Waals surface area (Å²) in [7, 11) is 0. The minimum absolute atomic E-state index is 0.0431. The zero-order valence-electron chi connectivity index (χ0n) is 14.9. The van der Waals surface area contributed by atoms with Crippen molar-refractivity contribution in [2.45, 2.75) is 16.3 Å². The van der Waals surface area contributed by atoms with Crippen molar-refractivity contribution in [2.24, 2.45) is 0 Å². The van der Waals surface area contributed by atoms with Crippen LogP contribution < -0.4 is 4.90 Å². The fraction of sp³-hybridized carbons (Fsp3) is 0.0435. The van der Waals surface area contributed by atoms with Crippen molar-refractivity contribution in [3.8, 4) is 0 Å². The number of rotatable bonds is 3. The quantitative estimate of drug-likeness (QED) is 0.451. The van der Waals surface area contributed by atoms with Crippen LogP contribution in [0.2, 0.25) is 0 Å². The van der Waals surface area contributed by atoms with Gasteiger partial charge in [0.15, 0.2) is 6.29 Å². The SMILES string of the molecule is O=Cc1cn(CC(=O)N2c3ccccc3Sc3ccccc32)c2ccccc12. The maximum Gasteiger partial charge on any atom is 0.251 e. The van der Waals surface area contributed by atoms with Crippen LogP contribution in [0.5, 0.6) is 0 Å². The number of hydrogen-bond donors (Lipinski definition) is 0. The summed E-state index contributed by atoms with van der Waals surface area (Å²) in [6.45, 7) is 0.154. The average Bonchev–Trinajstić information content (AvgIpc) is 3.09. The monoisotopic (exact) mass is 384 g/mol. The molecule has 1 aliphatic rings. The van der Waals surface area contributed by atoms with E-state index in [1.54, 1.807) is 22.9 Å². The molecule has 0 N–H and O–H groups in total. The Balaban J connectivity index is 1.59. The number of benzene rings is 3. The topological polar surface area (TPSA) is 42.3 Å². The number of nitrogens with zero attached hydrogens (tertiary/aromatic N) is 2. The molecule has 3 aromatic carbocycles. The molecule has 1 aliphatic heterocycles. The maximum atomic E-state index is 13.4. The molecule has 1 amide bonds. The summed E-state index contributed by atoms with van der Waals surface area (Å²) in [6, 6.07) is 23.5. The lowest BCUT2D eigenvalue weighted by Gasteiger charge is -2.31. The van der Waals surface area contributed by atoms with Crippen LogP contribution in [0.4, 0.5) is 11.4 Å². The van der Waals surface area contributed by atoms with Crippen molar-refractivity contribution in [2.75, 3.05) is 4.90 Å². The molecule has 0 saturated carbocycles. The highest BCUT2D eigenvalue weighted by molar-refractivity contribution is 7.99. The van der Waals surface area contributed by atoms with E-state index in [0.717, 1.165) is 38.4 Å². The normalized spacial score (nSPS) is 12.5. The van der Waals surface area contributed by atoms with Gasteiger partial charge in [-0.3, -0.25) is 14.5 Å². The number of amides is 1. The third-order valence-electron chi connectivity index (χ3n) is 4.93. The number of aldehydes is 1. The first-order valence-electron chi connectivity index (χ1n) is 8.98. The molecular formula is C23H16N2O2S. The summed E-state index contributed by atoms with van der Waals surface area (Å²) in [5, 5.41) is 0.861. The van der Waals surface area contributed by atoms with Gasteiger partial charge in [-0.1, -0.05) is 54.2 Å². The zero-order chi connectivity index (χ0) is 19.1. The molecule has 2 heterocycles. The molecule has 4 nitrogen and oxygen atoms in total. The molecule has 0 fully saturated rings. The number of carbonyl (C=O) groups excluding carboxylic acids is 2. The van der Waals surface area contributed by atoms with Gasteiger partial charge in [0, 0.05) is 32.5 Å². The van der Waals surface area contributed by atoms with Gasteiger partial charge in [0.2, 0.25) is 0 Å². The maximum absolute atomic E-state index is 13.4. The number of fused-ring (bicyclic) bond motifs is 3. The van der Waals surface area contributed by atoms with Crippen molar-refractivity contribution < 1.29 is 9.59 Å². The van der Waals surface area contributed by atoms with E-state index < -0.39 is 0 Å². The predicted octanol–water partition coefficient (Wildman–Crippen LogP) is 5.28. The average molecular weight is 384 g/mol. The molecule has 136 valence electrons. The van der Waals surface area contributed by atoms with Crippen molar-refractivity contribution in [3.05, 3.63) is 84.6 Å². The van der Waals surface area contributed by atoms with Crippen LogP contribution in [0.15, 0.2) is 88.8 Å². The van der Waals surface area contributed by atoms with E-state index in [4.69, 9.17) is 0 Å². The number of anilines is 2. The van der Waals surface area contributed by atoms with Gasteiger partial charge in [0.25, 0.3) is 5.91 Å². The van der Waals surface area contributed by atoms with Gasteiger partial charge in [-0.05, 0) is 30.3 Å². The van der Waals surface area contributed by atoms with Crippen LogP contribution in [0.1, 0.15) is 10.4 Å². The highest BCUT2D eigenvalue weighted by Gasteiger charge is 2.28. The minimum Gasteiger partial charge on any atom is -0.337 e. The summed E-state index contributed by atoms with van der Waals surface area (Å²) in [6.07, 6.45) is 2.59. The lowest BCUT2D eigenvalue weighted by Crippen LogP contribution is -2.31. The molecule has 28 heavy (non-hydrogen) atoms. The molecule has 0 saturated heterocycles. The molecule has 0 spiro atoms. The number of aromatic nitrogens is 1. The highest BCUT2D eigenvalue weighted by Crippen LogP contribution is 2.47. The first-order valence-corrected chi connectivity index (χ1v) is 9.80. The van der Waals surface area contributed by atoms with Gasteiger partial charge >= 0.3 is 0 Å². The van der Waals surface area contributed by atoms with Crippen LogP contribution in [-0.4, -0.2) is 16.8 Å². The van der Waals surface area contributed by atoms with Crippen molar-refractivity contribution in [3.63, 3.8) is 0 Å². The molecule has 0 atom stereocenters. The Morgan fingerprint density at radius 1 is 0.857 bits per heavy atom. The van der Waals surface area contributed by atoms with Gasteiger partial charge in [0.05, 0.1) is 11.4 Å². The van der Waals surface area contributed by atoms with Gasteiger partial charge in [-0.2, -0.15) is 0 Å². The van der Waals surface area contributed by atoms with E-state index in [1.165, 1.54) is 0 Å². The Morgan fingerprint density at radius 3 is 2.14 bits per heavy atom. The van der Waals surface area contributed by atoms with Crippen LogP contribution in [0.25, 0.3) is 10.9 Å². The Morgan fingerprint density at radius 2 is 1.46 bits per heavy atom. The smallest absolute Gasteiger partial charge is 0.251 e. The lowest BCUT2D eigenvalue weighted by molar-refractivity contribution is -0.118. The lowest BCUT2D eigenvalue weighted by atomic mass is 10.2. The number of hydrogen-bond acceptors (Lipinski definition) is 3. The Bertz CT molecular complexity index is 1180. The van der Waals surface area contributed by atoms with Gasteiger partial charge in [-0.15, -0.1) is 0 Å². The molecule has 1 aromatic heterocycles. The van der Waals surface area contributed by atoms with E-state index in [2.05, 4.69) is 0 Å². The van der Waals surface area contributed by atoms with E-state index in [-0.39, 0.29) is 12.5 Å². The van der Waals surface area contributed by atoms with Crippen LogP contribution in [0, 0.1) is 0 Å². The molecule has 4 aromatic rings. The molecule has 5 heteroatoms. The number of para-hydroxylation sites is 3. The van der Waals surface area contributed by atoms with Crippen molar-refractivity contribution in [1.82, 2.24) is 4.57 Å². The van der Waals surface area contributed by atoms with Crippen molar-refractivity contribution in [1.29, 1.82) is 0 Å². The second-order valence-corrected chi connectivity index (χ2v) is 7.70. The van der Waals surface area contributed by atoms with E-state index in [0.29, 0.717) is 5.56 Å². The zero-order valence-corrected chi connectivity index (χ0v) is 15.7. The Kier molecular flexibility index (Phi) is 4.02. The van der Waals surface area contributed by atoms with E-state index in [1.807, 2.05) is 77.4 Å². The summed E-state index contributed by atoms with van der Waals surface area (Å²) < 4.78 is 1.86. The highest BCUT2D eigenvalue weighted by atomic mass is 32.2. The largest absolute Gasteiger partial charge is 0.337 e. The van der Waals surface area contributed by atoms with Crippen molar-refractivity contribution >= 4 is 46.2 Å². The van der Waals surface area contributed by atoms with Gasteiger partial charge in [-0.25, -0.2) is 0 Å². The summed E-state index contributed by atoms with van der Waals surface area (Å²) in [4.78, 5) is 28.8. The third kappa shape index (κ3) is 2.63. The Labute approximate surface area is 166 Å². The minimum atomic E-state index is -0.0431. The summed E-state index contributed by atoms with van der Waals surface area (Å²) >= 11 is 1.67. The third-order valence-corrected chi connectivity index (χ3v) is 6.06. The molecule has 0 bridgehead atoms. The summed E-state index contributed by atoms with van der Waals surface area (Å²) in [5.41, 5.74) is 3.26. The summed E-state index contributed by atoms with van der Waals surface area (Å²) in [5.74, 6) is -0.0431. The first-order chi connectivity index (χ1) is 13.8.